The van der Waals surface area contributed by atoms with Crippen molar-refractivity contribution in [3.05, 3.63) is 83.8 Å². The highest BCUT2D eigenvalue weighted by atomic mass is 16.5. The number of aromatic amines is 1. The number of fused-ring (bicyclic) bond motifs is 1. The van der Waals surface area contributed by atoms with Gasteiger partial charge in [-0.15, -0.1) is 0 Å². The number of hydrogen-bond donors (Lipinski definition) is 1. The summed E-state index contributed by atoms with van der Waals surface area (Å²) in [5.74, 6) is 1.40. The number of aldehydes is 1. The van der Waals surface area contributed by atoms with Crippen molar-refractivity contribution in [1.82, 2.24) is 14.8 Å². The number of carbonyl (C=O) groups is 1. The maximum Gasteiger partial charge on any atom is 0.149 e. The lowest BCUT2D eigenvalue weighted by molar-refractivity contribution is -0.109. The van der Waals surface area contributed by atoms with Crippen LogP contribution in [0.15, 0.2) is 66.9 Å². The molecule has 2 heterocycles. The minimum atomic E-state index is -0.433. The summed E-state index contributed by atoms with van der Waals surface area (Å²) < 4.78 is 7.89. The van der Waals surface area contributed by atoms with E-state index >= 15 is 0 Å². The normalized spacial score (nSPS) is 14.9. The van der Waals surface area contributed by atoms with Gasteiger partial charge in [0.1, 0.15) is 24.7 Å². The van der Waals surface area contributed by atoms with Crippen LogP contribution < -0.4 is 4.74 Å². The maximum absolute atomic E-state index is 11.9. The van der Waals surface area contributed by atoms with Crippen molar-refractivity contribution in [2.45, 2.75) is 31.4 Å². The van der Waals surface area contributed by atoms with Crippen LogP contribution in [0.5, 0.6) is 5.75 Å². The third-order valence-electron chi connectivity index (χ3n) is 5.31. The van der Waals surface area contributed by atoms with Crippen molar-refractivity contribution in [3.63, 3.8) is 0 Å². The number of rotatable bonds is 7. The Balaban J connectivity index is 1.39. The highest BCUT2D eigenvalue weighted by Gasteiger charge is 2.27. The fraction of sp³-hybridized carbons (Fsp3) is 0.217. The minimum Gasteiger partial charge on any atom is -0.489 e. The molecule has 2 aromatic heterocycles. The van der Waals surface area contributed by atoms with Gasteiger partial charge in [-0.05, 0) is 48.7 Å². The van der Waals surface area contributed by atoms with Crippen molar-refractivity contribution in [3.8, 4) is 5.75 Å². The van der Waals surface area contributed by atoms with E-state index in [9.17, 15) is 4.79 Å². The van der Waals surface area contributed by atoms with E-state index in [1.165, 1.54) is 12.8 Å². The second kappa shape index (κ2) is 7.00. The van der Waals surface area contributed by atoms with Gasteiger partial charge in [-0.25, -0.2) is 0 Å². The summed E-state index contributed by atoms with van der Waals surface area (Å²) >= 11 is 0. The second-order valence-electron chi connectivity index (χ2n) is 7.32. The number of hydrogen-bond acceptors (Lipinski definition) is 3. The number of ether oxygens (including phenoxy) is 1. The first-order valence-corrected chi connectivity index (χ1v) is 9.59. The second-order valence-corrected chi connectivity index (χ2v) is 7.32. The molecule has 0 aliphatic heterocycles. The largest absolute Gasteiger partial charge is 0.489 e. The molecule has 4 aromatic rings. The first-order valence-electron chi connectivity index (χ1n) is 9.59. The topological polar surface area (TPSA) is 59.9 Å². The first kappa shape index (κ1) is 16.8. The number of aromatic nitrogens is 3. The van der Waals surface area contributed by atoms with E-state index in [2.05, 4.69) is 10.2 Å². The summed E-state index contributed by atoms with van der Waals surface area (Å²) in [6.07, 6.45) is 5.29. The van der Waals surface area contributed by atoms with E-state index < -0.39 is 6.04 Å². The number of benzene rings is 2. The van der Waals surface area contributed by atoms with Crippen LogP contribution in [0.4, 0.5) is 0 Å². The molecule has 1 aliphatic carbocycles. The molecule has 1 fully saturated rings. The Morgan fingerprint density at radius 2 is 2.00 bits per heavy atom. The molecule has 0 amide bonds. The average Bonchev–Trinajstić information content (AvgIpc) is 3.33. The minimum absolute atomic E-state index is 0.433. The quantitative estimate of drug-likeness (QED) is 0.483. The van der Waals surface area contributed by atoms with Crippen molar-refractivity contribution in [2.24, 2.45) is 0 Å². The Morgan fingerprint density at radius 3 is 2.79 bits per heavy atom. The molecule has 5 nitrogen and oxygen atoms in total. The van der Waals surface area contributed by atoms with E-state index in [-0.39, 0.29) is 0 Å². The smallest absolute Gasteiger partial charge is 0.149 e. The highest BCUT2D eigenvalue weighted by molar-refractivity contribution is 5.83. The molecule has 1 atom stereocenters. The van der Waals surface area contributed by atoms with Gasteiger partial charge in [-0.2, -0.15) is 5.10 Å². The molecule has 140 valence electrons. The molecule has 0 spiro atoms. The Hall–Kier alpha value is -3.34. The van der Waals surface area contributed by atoms with Crippen molar-refractivity contribution in [2.75, 3.05) is 0 Å². The van der Waals surface area contributed by atoms with E-state index in [0.717, 1.165) is 39.9 Å². The van der Waals surface area contributed by atoms with Gasteiger partial charge in [0.05, 0.1) is 5.69 Å². The van der Waals surface area contributed by atoms with Crippen LogP contribution in [0.3, 0.4) is 0 Å². The van der Waals surface area contributed by atoms with Gasteiger partial charge in [-0.3, -0.25) is 5.10 Å². The summed E-state index contributed by atoms with van der Waals surface area (Å²) in [5, 5.41) is 8.52. The molecule has 5 rings (SSSR count). The van der Waals surface area contributed by atoms with E-state index in [0.29, 0.717) is 12.5 Å². The predicted octanol–water partition coefficient (Wildman–Crippen LogP) is 4.61. The van der Waals surface area contributed by atoms with Gasteiger partial charge < -0.3 is 14.1 Å². The van der Waals surface area contributed by atoms with Gasteiger partial charge in [0.15, 0.2) is 0 Å². The fourth-order valence-electron chi connectivity index (χ4n) is 3.60. The summed E-state index contributed by atoms with van der Waals surface area (Å²) in [4.78, 5) is 11.9. The first-order chi connectivity index (χ1) is 13.8. The zero-order valence-electron chi connectivity index (χ0n) is 15.4. The van der Waals surface area contributed by atoms with Crippen LogP contribution in [0, 0.1) is 0 Å². The average molecular weight is 371 g/mol. The molecule has 5 heteroatoms. The molecule has 0 bridgehead atoms. The zero-order valence-corrected chi connectivity index (χ0v) is 15.4. The van der Waals surface area contributed by atoms with Crippen LogP contribution >= 0.6 is 0 Å². The van der Waals surface area contributed by atoms with Crippen molar-refractivity contribution < 1.29 is 9.53 Å². The Bertz CT molecular complexity index is 1110. The molecule has 0 saturated heterocycles. The molecule has 1 unspecified atom stereocenters. The van der Waals surface area contributed by atoms with Gasteiger partial charge >= 0.3 is 0 Å². The third kappa shape index (κ3) is 3.20. The summed E-state index contributed by atoms with van der Waals surface area (Å²) in [5.41, 5.74) is 4.01. The van der Waals surface area contributed by atoms with Gasteiger partial charge in [0.2, 0.25) is 0 Å². The standard InChI is InChI=1S/C23H21N3O2/c27-14-23(21-13-20(24-25-21)17-6-7-17)26-11-10-18-12-19(8-9-22(18)26)28-15-16-4-2-1-3-5-16/h1-5,8-14,17,23H,6-7,15H2,(H,24,25). The van der Waals surface area contributed by atoms with Crippen molar-refractivity contribution in [1.29, 1.82) is 0 Å². The van der Waals surface area contributed by atoms with E-state index in [1.807, 2.05) is 71.4 Å². The zero-order chi connectivity index (χ0) is 18.9. The third-order valence-corrected chi connectivity index (χ3v) is 5.31. The molecule has 2 aromatic carbocycles. The fourth-order valence-corrected chi connectivity index (χ4v) is 3.60. The van der Waals surface area contributed by atoms with Gasteiger partial charge in [-0.1, -0.05) is 30.3 Å². The molecule has 1 N–H and O–H groups in total. The maximum atomic E-state index is 11.9. The number of nitrogens with zero attached hydrogens (tertiary/aromatic N) is 2. The summed E-state index contributed by atoms with van der Waals surface area (Å²) in [7, 11) is 0. The molecular weight excluding hydrogens is 350 g/mol. The molecule has 28 heavy (non-hydrogen) atoms. The molecule has 1 aliphatic rings. The van der Waals surface area contributed by atoms with E-state index in [4.69, 9.17) is 4.74 Å². The number of nitrogens with one attached hydrogen (secondary N) is 1. The summed E-state index contributed by atoms with van der Waals surface area (Å²) in [6.45, 7) is 0.529. The highest BCUT2D eigenvalue weighted by Crippen LogP contribution is 2.39. The van der Waals surface area contributed by atoms with Crippen LogP contribution in [0.1, 0.15) is 41.8 Å². The van der Waals surface area contributed by atoms with Crippen molar-refractivity contribution >= 4 is 17.2 Å². The number of carbonyl (C=O) groups excluding carboxylic acids is 1. The summed E-state index contributed by atoms with van der Waals surface area (Å²) in [6, 6.07) is 19.7. The van der Waals surface area contributed by atoms with E-state index in [1.54, 1.807) is 0 Å². The van der Waals surface area contributed by atoms with Crippen LogP contribution in [-0.4, -0.2) is 21.1 Å². The molecule has 1 saturated carbocycles. The lowest BCUT2D eigenvalue weighted by atomic mass is 10.2. The Labute approximate surface area is 163 Å². The molecule has 0 radical (unpaired) electrons. The van der Waals surface area contributed by atoms with Crippen LogP contribution in [0.25, 0.3) is 10.9 Å². The van der Waals surface area contributed by atoms with Crippen LogP contribution in [0.2, 0.25) is 0 Å². The monoisotopic (exact) mass is 371 g/mol. The van der Waals surface area contributed by atoms with Gasteiger partial charge in [0, 0.05) is 28.7 Å². The van der Waals surface area contributed by atoms with Gasteiger partial charge in [0.25, 0.3) is 0 Å². The Morgan fingerprint density at radius 1 is 1.14 bits per heavy atom. The predicted molar refractivity (Wildman–Crippen MR) is 107 cm³/mol. The number of H-pyrrole nitrogens is 1. The lowest BCUT2D eigenvalue weighted by Crippen LogP contribution is -2.11. The van der Waals surface area contributed by atoms with Crippen LogP contribution in [-0.2, 0) is 11.4 Å². The SMILES string of the molecule is O=CC(c1cc(C2CC2)[nH]n1)n1ccc2cc(OCc3ccccc3)ccc21. The lowest BCUT2D eigenvalue weighted by Gasteiger charge is -2.12. The Kier molecular flexibility index (Phi) is 4.20. The molecular formula is C23H21N3O2.